The summed E-state index contributed by atoms with van der Waals surface area (Å²) in [5.41, 5.74) is 1.45. The molecule has 3 rings (SSSR count). The standard InChI is InChI=1S/C18H20N2O3S/c21-17(12-16-11-14(13-24-16)18(22)23)20-8-4-7-19(9-10-20)15-5-2-1-3-6-15/h1-3,5-6,11,13H,4,7-10,12H2,(H,22,23). The third-order valence-electron chi connectivity index (χ3n) is 4.20. The molecule has 126 valence electrons. The molecule has 0 bridgehead atoms. The molecule has 1 fully saturated rings. The van der Waals surface area contributed by atoms with Crippen LogP contribution in [0.5, 0.6) is 0 Å². The number of anilines is 1. The van der Waals surface area contributed by atoms with Crippen LogP contribution >= 0.6 is 11.3 Å². The topological polar surface area (TPSA) is 60.9 Å². The Hall–Kier alpha value is -2.34. The Balaban J connectivity index is 1.59. The molecule has 0 atom stereocenters. The molecule has 0 radical (unpaired) electrons. The molecule has 2 aromatic rings. The van der Waals surface area contributed by atoms with Crippen molar-refractivity contribution in [2.75, 3.05) is 31.1 Å². The van der Waals surface area contributed by atoms with Crippen LogP contribution in [0.15, 0.2) is 41.8 Å². The predicted octanol–water partition coefficient (Wildman–Crippen LogP) is 2.73. The summed E-state index contributed by atoms with van der Waals surface area (Å²) in [7, 11) is 0. The SMILES string of the molecule is O=C(O)c1csc(CC(=O)N2CCCN(c3ccccc3)CC2)c1. The second kappa shape index (κ2) is 7.49. The molecule has 0 spiro atoms. The zero-order valence-corrected chi connectivity index (χ0v) is 14.2. The number of nitrogens with zero attached hydrogens (tertiary/aromatic N) is 2. The second-order valence-corrected chi connectivity index (χ2v) is 6.84. The van der Waals surface area contributed by atoms with Crippen LogP contribution in [-0.4, -0.2) is 48.1 Å². The number of hydrogen-bond donors (Lipinski definition) is 1. The molecule has 0 aliphatic carbocycles. The van der Waals surface area contributed by atoms with Gasteiger partial charge in [0.1, 0.15) is 0 Å². The first kappa shape index (κ1) is 16.5. The zero-order chi connectivity index (χ0) is 16.9. The van der Waals surface area contributed by atoms with Crippen LogP contribution in [0.4, 0.5) is 5.69 Å². The number of carbonyl (C=O) groups excluding carboxylic acids is 1. The lowest BCUT2D eigenvalue weighted by molar-refractivity contribution is -0.130. The summed E-state index contributed by atoms with van der Waals surface area (Å²) in [6.45, 7) is 3.21. The Morgan fingerprint density at radius 3 is 2.58 bits per heavy atom. The van der Waals surface area contributed by atoms with Gasteiger partial charge in [0.05, 0.1) is 12.0 Å². The van der Waals surface area contributed by atoms with E-state index in [0.29, 0.717) is 6.54 Å². The smallest absolute Gasteiger partial charge is 0.336 e. The lowest BCUT2D eigenvalue weighted by Gasteiger charge is -2.23. The maximum absolute atomic E-state index is 12.5. The summed E-state index contributed by atoms with van der Waals surface area (Å²) < 4.78 is 0. The van der Waals surface area contributed by atoms with Crippen molar-refractivity contribution in [3.8, 4) is 0 Å². The summed E-state index contributed by atoms with van der Waals surface area (Å²) in [5.74, 6) is -0.873. The van der Waals surface area contributed by atoms with Gasteiger partial charge >= 0.3 is 5.97 Å². The van der Waals surface area contributed by atoms with Gasteiger partial charge < -0.3 is 14.9 Å². The molecule has 6 heteroatoms. The number of para-hydroxylation sites is 1. The molecule has 1 aromatic carbocycles. The molecule has 1 N–H and O–H groups in total. The number of hydrogen-bond acceptors (Lipinski definition) is 4. The maximum Gasteiger partial charge on any atom is 0.336 e. The van der Waals surface area contributed by atoms with Crippen LogP contribution in [-0.2, 0) is 11.2 Å². The van der Waals surface area contributed by atoms with Crippen LogP contribution in [0.1, 0.15) is 21.7 Å². The Morgan fingerprint density at radius 1 is 1.08 bits per heavy atom. The van der Waals surface area contributed by atoms with Gasteiger partial charge in [0, 0.05) is 42.1 Å². The highest BCUT2D eigenvalue weighted by atomic mass is 32.1. The summed E-state index contributed by atoms with van der Waals surface area (Å²) >= 11 is 1.33. The minimum Gasteiger partial charge on any atom is -0.478 e. The summed E-state index contributed by atoms with van der Waals surface area (Å²) in [6.07, 6.45) is 1.22. The Morgan fingerprint density at radius 2 is 1.88 bits per heavy atom. The predicted molar refractivity (Wildman–Crippen MR) is 94.8 cm³/mol. The van der Waals surface area contributed by atoms with E-state index in [-0.39, 0.29) is 17.9 Å². The molecule has 0 unspecified atom stereocenters. The van der Waals surface area contributed by atoms with Crippen molar-refractivity contribution < 1.29 is 14.7 Å². The quantitative estimate of drug-likeness (QED) is 0.926. The van der Waals surface area contributed by atoms with E-state index in [2.05, 4.69) is 17.0 Å². The molecule has 2 heterocycles. The lowest BCUT2D eigenvalue weighted by Crippen LogP contribution is -2.36. The molecular weight excluding hydrogens is 324 g/mol. The molecule has 1 aromatic heterocycles. The average Bonchev–Trinajstić information content (AvgIpc) is 2.91. The second-order valence-electron chi connectivity index (χ2n) is 5.84. The van der Waals surface area contributed by atoms with E-state index < -0.39 is 5.97 Å². The van der Waals surface area contributed by atoms with Crippen molar-refractivity contribution in [3.05, 3.63) is 52.2 Å². The van der Waals surface area contributed by atoms with Gasteiger partial charge in [-0.25, -0.2) is 4.79 Å². The van der Waals surface area contributed by atoms with E-state index in [1.807, 2.05) is 23.1 Å². The van der Waals surface area contributed by atoms with Crippen molar-refractivity contribution in [2.45, 2.75) is 12.8 Å². The highest BCUT2D eigenvalue weighted by Gasteiger charge is 2.20. The van der Waals surface area contributed by atoms with E-state index >= 15 is 0 Å². The van der Waals surface area contributed by atoms with E-state index in [1.54, 1.807) is 11.4 Å². The number of thiophene rings is 1. The van der Waals surface area contributed by atoms with E-state index in [1.165, 1.54) is 17.0 Å². The normalized spacial score (nSPS) is 15.2. The van der Waals surface area contributed by atoms with Gasteiger partial charge in [-0.2, -0.15) is 0 Å². The fourth-order valence-electron chi connectivity index (χ4n) is 2.91. The van der Waals surface area contributed by atoms with Gasteiger partial charge in [-0.3, -0.25) is 4.79 Å². The third-order valence-corrected chi connectivity index (χ3v) is 5.13. The largest absolute Gasteiger partial charge is 0.478 e. The molecule has 1 amide bonds. The van der Waals surface area contributed by atoms with Crippen molar-refractivity contribution in [2.24, 2.45) is 0 Å². The molecule has 1 saturated heterocycles. The summed E-state index contributed by atoms with van der Waals surface area (Å²) in [4.78, 5) is 28.4. The maximum atomic E-state index is 12.5. The Kier molecular flexibility index (Phi) is 5.15. The molecule has 1 aliphatic heterocycles. The monoisotopic (exact) mass is 344 g/mol. The van der Waals surface area contributed by atoms with E-state index in [4.69, 9.17) is 5.11 Å². The number of carbonyl (C=O) groups is 2. The number of aromatic carboxylic acids is 1. The number of carboxylic acids is 1. The first-order chi connectivity index (χ1) is 11.6. The minimum absolute atomic E-state index is 0.0729. The van der Waals surface area contributed by atoms with Crippen molar-refractivity contribution in [1.82, 2.24) is 4.90 Å². The van der Waals surface area contributed by atoms with Crippen molar-refractivity contribution >= 4 is 28.9 Å². The highest BCUT2D eigenvalue weighted by Crippen LogP contribution is 2.18. The molecule has 0 saturated carbocycles. The zero-order valence-electron chi connectivity index (χ0n) is 13.4. The first-order valence-corrected chi connectivity index (χ1v) is 8.90. The molecule has 5 nitrogen and oxygen atoms in total. The van der Waals surface area contributed by atoms with Crippen LogP contribution in [0.2, 0.25) is 0 Å². The lowest BCUT2D eigenvalue weighted by atomic mass is 10.2. The first-order valence-electron chi connectivity index (χ1n) is 8.02. The minimum atomic E-state index is -0.946. The number of amides is 1. The number of benzene rings is 1. The van der Waals surface area contributed by atoms with Crippen molar-refractivity contribution in [3.63, 3.8) is 0 Å². The fraction of sp³-hybridized carbons (Fsp3) is 0.333. The van der Waals surface area contributed by atoms with Gasteiger partial charge in [-0.15, -0.1) is 11.3 Å². The number of carboxylic acid groups (broad SMARTS) is 1. The fourth-order valence-corrected chi connectivity index (χ4v) is 3.76. The van der Waals surface area contributed by atoms with Gasteiger partial charge in [0.15, 0.2) is 0 Å². The average molecular weight is 344 g/mol. The summed E-state index contributed by atoms with van der Waals surface area (Å²) in [6, 6.07) is 11.8. The van der Waals surface area contributed by atoms with Crippen molar-refractivity contribution in [1.29, 1.82) is 0 Å². The van der Waals surface area contributed by atoms with E-state index in [9.17, 15) is 9.59 Å². The molecule has 24 heavy (non-hydrogen) atoms. The summed E-state index contributed by atoms with van der Waals surface area (Å²) in [5, 5.41) is 10.5. The van der Waals surface area contributed by atoms with Crippen LogP contribution in [0, 0.1) is 0 Å². The van der Waals surface area contributed by atoms with E-state index in [0.717, 1.165) is 30.9 Å². The molecule has 1 aliphatic rings. The molecular formula is C18H20N2O3S. The Bertz CT molecular complexity index is 714. The third kappa shape index (κ3) is 3.94. The van der Waals surface area contributed by atoms with Crippen LogP contribution in [0.3, 0.4) is 0 Å². The van der Waals surface area contributed by atoms with Gasteiger partial charge in [0.25, 0.3) is 0 Å². The van der Waals surface area contributed by atoms with Crippen LogP contribution < -0.4 is 4.90 Å². The Labute approximate surface area is 145 Å². The van der Waals surface area contributed by atoms with Crippen LogP contribution in [0.25, 0.3) is 0 Å². The number of rotatable bonds is 4. The van der Waals surface area contributed by atoms with Gasteiger partial charge in [0.2, 0.25) is 5.91 Å². The van der Waals surface area contributed by atoms with Gasteiger partial charge in [-0.05, 0) is 24.6 Å². The van der Waals surface area contributed by atoms with Gasteiger partial charge in [-0.1, -0.05) is 18.2 Å². The highest BCUT2D eigenvalue weighted by molar-refractivity contribution is 7.10.